The fourth-order valence-corrected chi connectivity index (χ4v) is 2.68. The number of hydrogen-bond donors (Lipinski definition) is 1. The van der Waals surface area contributed by atoms with Crippen LogP contribution in [0.5, 0.6) is 0 Å². The molecule has 5 heteroatoms. The van der Waals surface area contributed by atoms with E-state index in [1.807, 2.05) is 13.8 Å². The molecule has 5 nitrogen and oxygen atoms in total. The van der Waals surface area contributed by atoms with Gasteiger partial charge in [-0.05, 0) is 26.7 Å². The molecule has 0 aromatic carbocycles. The van der Waals surface area contributed by atoms with E-state index in [0.29, 0.717) is 12.4 Å². The second-order valence-electron chi connectivity index (χ2n) is 4.96. The zero-order chi connectivity index (χ0) is 13.0. The summed E-state index contributed by atoms with van der Waals surface area (Å²) in [5, 5.41) is 7.06. The Kier molecular flexibility index (Phi) is 3.99. The van der Waals surface area contributed by atoms with Crippen molar-refractivity contribution in [3.63, 3.8) is 0 Å². The van der Waals surface area contributed by atoms with E-state index in [1.54, 1.807) is 0 Å². The van der Waals surface area contributed by atoms with Crippen molar-refractivity contribution in [2.75, 3.05) is 6.61 Å². The number of hydrogen-bond acceptors (Lipinski definition) is 4. The normalized spacial score (nSPS) is 19.2. The number of esters is 1. The van der Waals surface area contributed by atoms with Gasteiger partial charge < -0.3 is 4.74 Å². The van der Waals surface area contributed by atoms with Crippen LogP contribution in [0.15, 0.2) is 0 Å². The summed E-state index contributed by atoms with van der Waals surface area (Å²) < 4.78 is 5.27. The SMILES string of the molecule is CCOC(=O)C1(c2n[nH]c(C)n2)CCCCCC1. The lowest BCUT2D eigenvalue weighted by molar-refractivity contribution is -0.151. The first-order valence-electron chi connectivity index (χ1n) is 6.76. The maximum absolute atomic E-state index is 12.4. The Morgan fingerprint density at radius 1 is 1.33 bits per heavy atom. The van der Waals surface area contributed by atoms with Crippen LogP contribution in [0.3, 0.4) is 0 Å². The van der Waals surface area contributed by atoms with E-state index in [4.69, 9.17) is 4.74 Å². The maximum Gasteiger partial charge on any atom is 0.319 e. The monoisotopic (exact) mass is 251 g/mol. The summed E-state index contributed by atoms with van der Waals surface area (Å²) in [4.78, 5) is 16.8. The molecule has 1 saturated carbocycles. The number of carbonyl (C=O) groups is 1. The van der Waals surface area contributed by atoms with Gasteiger partial charge in [0.25, 0.3) is 0 Å². The van der Waals surface area contributed by atoms with E-state index < -0.39 is 5.41 Å². The summed E-state index contributed by atoms with van der Waals surface area (Å²) in [6, 6.07) is 0. The lowest BCUT2D eigenvalue weighted by Crippen LogP contribution is -2.38. The molecule has 0 unspecified atom stereocenters. The average Bonchev–Trinajstić information content (AvgIpc) is 2.66. The predicted octanol–water partition coefficient (Wildman–Crippen LogP) is 2.27. The number of rotatable bonds is 3. The van der Waals surface area contributed by atoms with E-state index in [0.717, 1.165) is 31.5 Å². The van der Waals surface area contributed by atoms with Crippen molar-refractivity contribution >= 4 is 5.97 Å². The highest BCUT2D eigenvalue weighted by Gasteiger charge is 2.45. The predicted molar refractivity (Wildman–Crippen MR) is 67.1 cm³/mol. The molecular weight excluding hydrogens is 230 g/mol. The quantitative estimate of drug-likeness (QED) is 0.661. The fourth-order valence-electron chi connectivity index (χ4n) is 2.68. The molecule has 1 fully saturated rings. The van der Waals surface area contributed by atoms with Gasteiger partial charge in [0.1, 0.15) is 11.2 Å². The third-order valence-corrected chi connectivity index (χ3v) is 3.65. The molecular formula is C13H21N3O2. The molecule has 2 rings (SSSR count). The first kappa shape index (κ1) is 13.1. The highest BCUT2D eigenvalue weighted by Crippen LogP contribution is 2.37. The molecule has 0 bridgehead atoms. The van der Waals surface area contributed by atoms with Crippen molar-refractivity contribution in [3.8, 4) is 0 Å². The molecule has 0 amide bonds. The largest absolute Gasteiger partial charge is 0.465 e. The standard InChI is InChI=1S/C13H21N3O2/c1-3-18-12(17)13(8-6-4-5-7-9-13)11-14-10(2)15-16-11/h3-9H2,1-2H3,(H,14,15,16). The lowest BCUT2D eigenvalue weighted by Gasteiger charge is -2.27. The van der Waals surface area contributed by atoms with Crippen LogP contribution in [0.1, 0.15) is 57.1 Å². The molecule has 1 aromatic rings. The third kappa shape index (κ3) is 2.40. The highest BCUT2D eigenvalue weighted by atomic mass is 16.5. The lowest BCUT2D eigenvalue weighted by atomic mass is 9.79. The zero-order valence-electron chi connectivity index (χ0n) is 11.2. The molecule has 0 aliphatic heterocycles. The van der Waals surface area contributed by atoms with Crippen molar-refractivity contribution in [1.82, 2.24) is 15.2 Å². The van der Waals surface area contributed by atoms with Crippen molar-refractivity contribution in [2.45, 2.75) is 57.8 Å². The van der Waals surface area contributed by atoms with Gasteiger partial charge in [0.05, 0.1) is 6.61 Å². The summed E-state index contributed by atoms with van der Waals surface area (Å²) in [5.41, 5.74) is -0.628. The Morgan fingerprint density at radius 3 is 2.50 bits per heavy atom. The first-order valence-corrected chi connectivity index (χ1v) is 6.76. The third-order valence-electron chi connectivity index (χ3n) is 3.65. The molecule has 0 atom stereocenters. The van der Waals surface area contributed by atoms with Crippen molar-refractivity contribution in [1.29, 1.82) is 0 Å². The number of ether oxygens (including phenoxy) is 1. The summed E-state index contributed by atoms with van der Waals surface area (Å²) >= 11 is 0. The van der Waals surface area contributed by atoms with Crippen LogP contribution in [0.2, 0.25) is 0 Å². The number of nitrogens with zero attached hydrogens (tertiary/aromatic N) is 2. The van der Waals surface area contributed by atoms with Gasteiger partial charge in [-0.1, -0.05) is 25.7 Å². The van der Waals surface area contributed by atoms with E-state index >= 15 is 0 Å². The van der Waals surface area contributed by atoms with Gasteiger partial charge >= 0.3 is 5.97 Å². The second-order valence-corrected chi connectivity index (χ2v) is 4.96. The molecule has 0 radical (unpaired) electrons. The van der Waals surface area contributed by atoms with Gasteiger partial charge in [-0.25, -0.2) is 4.98 Å². The molecule has 1 N–H and O–H groups in total. The van der Waals surface area contributed by atoms with E-state index in [-0.39, 0.29) is 5.97 Å². The topological polar surface area (TPSA) is 67.9 Å². The molecule has 1 aliphatic carbocycles. The van der Waals surface area contributed by atoms with Gasteiger partial charge in [-0.3, -0.25) is 9.89 Å². The summed E-state index contributed by atoms with van der Waals surface area (Å²) in [5.74, 6) is 1.20. The number of nitrogens with one attached hydrogen (secondary N) is 1. The number of aromatic nitrogens is 3. The summed E-state index contributed by atoms with van der Waals surface area (Å²) in [6.07, 6.45) is 6.00. The smallest absolute Gasteiger partial charge is 0.319 e. The summed E-state index contributed by atoms with van der Waals surface area (Å²) in [6.45, 7) is 4.10. The van der Waals surface area contributed by atoms with E-state index in [1.165, 1.54) is 12.8 Å². The summed E-state index contributed by atoms with van der Waals surface area (Å²) in [7, 11) is 0. The van der Waals surface area contributed by atoms with Crippen LogP contribution < -0.4 is 0 Å². The van der Waals surface area contributed by atoms with Crippen molar-refractivity contribution < 1.29 is 9.53 Å². The van der Waals surface area contributed by atoms with Crippen LogP contribution in [-0.2, 0) is 14.9 Å². The number of H-pyrrole nitrogens is 1. The van der Waals surface area contributed by atoms with Gasteiger partial charge in [0.2, 0.25) is 0 Å². The maximum atomic E-state index is 12.4. The molecule has 0 spiro atoms. The van der Waals surface area contributed by atoms with Crippen LogP contribution in [0.4, 0.5) is 0 Å². The first-order chi connectivity index (χ1) is 8.69. The number of carbonyl (C=O) groups excluding carboxylic acids is 1. The van der Waals surface area contributed by atoms with Crippen LogP contribution in [0.25, 0.3) is 0 Å². The van der Waals surface area contributed by atoms with Gasteiger partial charge in [-0.15, -0.1) is 0 Å². The average molecular weight is 251 g/mol. The van der Waals surface area contributed by atoms with E-state index in [9.17, 15) is 4.79 Å². The highest BCUT2D eigenvalue weighted by molar-refractivity contribution is 5.82. The van der Waals surface area contributed by atoms with Gasteiger partial charge in [0.15, 0.2) is 5.82 Å². The Balaban J connectivity index is 2.34. The molecule has 1 aromatic heterocycles. The van der Waals surface area contributed by atoms with E-state index in [2.05, 4.69) is 15.2 Å². The Hall–Kier alpha value is -1.39. The fraction of sp³-hybridized carbons (Fsp3) is 0.769. The van der Waals surface area contributed by atoms with Crippen molar-refractivity contribution in [2.24, 2.45) is 0 Å². The number of aryl methyl sites for hydroxylation is 1. The number of aromatic amines is 1. The Bertz CT molecular complexity index is 406. The van der Waals surface area contributed by atoms with Crippen LogP contribution in [-0.4, -0.2) is 27.8 Å². The van der Waals surface area contributed by atoms with Crippen molar-refractivity contribution in [3.05, 3.63) is 11.6 Å². The van der Waals surface area contributed by atoms with Gasteiger partial charge in [-0.2, -0.15) is 5.10 Å². The second kappa shape index (κ2) is 5.50. The molecule has 18 heavy (non-hydrogen) atoms. The van der Waals surface area contributed by atoms with Gasteiger partial charge in [0, 0.05) is 0 Å². The van der Waals surface area contributed by atoms with Crippen LogP contribution in [0, 0.1) is 6.92 Å². The minimum absolute atomic E-state index is 0.161. The Morgan fingerprint density at radius 2 is 2.00 bits per heavy atom. The molecule has 100 valence electrons. The molecule has 1 heterocycles. The minimum Gasteiger partial charge on any atom is -0.465 e. The molecule has 1 aliphatic rings. The Labute approximate surface area is 107 Å². The molecule has 0 saturated heterocycles. The zero-order valence-corrected chi connectivity index (χ0v) is 11.2. The minimum atomic E-state index is -0.628. The van der Waals surface area contributed by atoms with Crippen LogP contribution >= 0.6 is 0 Å².